The Morgan fingerprint density at radius 2 is 2.16 bits per heavy atom. The molecular weight excluding hydrogens is 244 g/mol. The van der Waals surface area contributed by atoms with Gasteiger partial charge in [0.1, 0.15) is 0 Å². The second-order valence-corrected chi connectivity index (χ2v) is 5.05. The zero-order valence-corrected chi connectivity index (χ0v) is 10.8. The standard InChI is InChI=1S/C14H18N2O3/c17-12(4-1-5-13(18)19)16-10-14(6-7-14)11-3-2-8-15-9-11/h2-3,8-9H,1,4-7,10H2,(H,16,17)(H,18,19). The second kappa shape index (κ2) is 5.82. The fourth-order valence-electron chi connectivity index (χ4n) is 2.15. The summed E-state index contributed by atoms with van der Waals surface area (Å²) in [5.74, 6) is -0.932. The molecule has 1 aliphatic carbocycles. The Balaban J connectivity index is 1.76. The molecule has 1 amide bonds. The molecule has 1 aliphatic rings. The average molecular weight is 262 g/mol. The Bertz CT molecular complexity index is 455. The van der Waals surface area contributed by atoms with Crippen LogP contribution in [0.15, 0.2) is 24.5 Å². The molecule has 1 aromatic heterocycles. The molecule has 1 fully saturated rings. The Labute approximate surface area is 112 Å². The van der Waals surface area contributed by atoms with E-state index < -0.39 is 5.97 Å². The van der Waals surface area contributed by atoms with Gasteiger partial charge in [-0.05, 0) is 30.9 Å². The van der Waals surface area contributed by atoms with Crippen LogP contribution in [0.3, 0.4) is 0 Å². The molecule has 5 nitrogen and oxygen atoms in total. The highest BCUT2D eigenvalue weighted by atomic mass is 16.4. The van der Waals surface area contributed by atoms with Gasteiger partial charge in [-0.1, -0.05) is 6.07 Å². The average Bonchev–Trinajstić information content (AvgIpc) is 3.18. The number of carboxylic acid groups (broad SMARTS) is 1. The van der Waals surface area contributed by atoms with Crippen molar-refractivity contribution in [3.63, 3.8) is 0 Å². The van der Waals surface area contributed by atoms with Crippen LogP contribution in [0.4, 0.5) is 0 Å². The van der Waals surface area contributed by atoms with Crippen LogP contribution in [-0.2, 0) is 15.0 Å². The topological polar surface area (TPSA) is 79.3 Å². The molecule has 1 heterocycles. The van der Waals surface area contributed by atoms with Gasteiger partial charge in [-0.25, -0.2) is 0 Å². The highest BCUT2D eigenvalue weighted by molar-refractivity contribution is 5.77. The quantitative estimate of drug-likeness (QED) is 0.780. The summed E-state index contributed by atoms with van der Waals surface area (Å²) in [7, 11) is 0. The summed E-state index contributed by atoms with van der Waals surface area (Å²) in [6, 6.07) is 3.95. The van der Waals surface area contributed by atoms with Crippen LogP contribution < -0.4 is 5.32 Å². The Morgan fingerprint density at radius 1 is 1.37 bits per heavy atom. The van der Waals surface area contributed by atoms with Gasteiger partial charge in [0, 0.05) is 37.2 Å². The molecule has 0 bridgehead atoms. The minimum atomic E-state index is -0.859. The van der Waals surface area contributed by atoms with Gasteiger partial charge in [-0.3, -0.25) is 14.6 Å². The molecule has 0 aliphatic heterocycles. The van der Waals surface area contributed by atoms with Crippen molar-refractivity contribution in [2.24, 2.45) is 0 Å². The fourth-order valence-corrected chi connectivity index (χ4v) is 2.15. The molecule has 0 aromatic carbocycles. The number of carbonyl (C=O) groups is 2. The van der Waals surface area contributed by atoms with E-state index in [1.807, 2.05) is 18.3 Å². The lowest BCUT2D eigenvalue weighted by atomic mass is 9.98. The molecule has 1 aromatic rings. The summed E-state index contributed by atoms with van der Waals surface area (Å²) in [4.78, 5) is 26.1. The molecule has 2 rings (SSSR count). The number of hydrogen-bond donors (Lipinski definition) is 2. The van der Waals surface area contributed by atoms with Crippen molar-refractivity contribution in [1.82, 2.24) is 10.3 Å². The summed E-state index contributed by atoms with van der Waals surface area (Å²) in [6.07, 6.45) is 6.42. The first-order valence-electron chi connectivity index (χ1n) is 6.51. The molecule has 0 unspecified atom stereocenters. The van der Waals surface area contributed by atoms with E-state index in [0.29, 0.717) is 13.0 Å². The maximum Gasteiger partial charge on any atom is 0.303 e. The highest BCUT2D eigenvalue weighted by Crippen LogP contribution is 2.47. The predicted molar refractivity (Wildman–Crippen MR) is 69.6 cm³/mol. The van der Waals surface area contributed by atoms with Gasteiger partial charge in [0.15, 0.2) is 0 Å². The molecule has 0 atom stereocenters. The van der Waals surface area contributed by atoms with Crippen LogP contribution in [0, 0.1) is 0 Å². The first kappa shape index (κ1) is 13.5. The van der Waals surface area contributed by atoms with E-state index in [1.165, 1.54) is 5.56 Å². The molecule has 5 heteroatoms. The van der Waals surface area contributed by atoms with E-state index in [1.54, 1.807) is 6.20 Å². The molecule has 2 N–H and O–H groups in total. The van der Waals surface area contributed by atoms with Crippen molar-refractivity contribution < 1.29 is 14.7 Å². The number of hydrogen-bond acceptors (Lipinski definition) is 3. The molecule has 0 radical (unpaired) electrons. The van der Waals surface area contributed by atoms with Gasteiger partial charge in [0.05, 0.1) is 0 Å². The van der Waals surface area contributed by atoms with E-state index in [4.69, 9.17) is 5.11 Å². The van der Waals surface area contributed by atoms with Crippen LogP contribution in [0.2, 0.25) is 0 Å². The number of carboxylic acids is 1. The van der Waals surface area contributed by atoms with Gasteiger partial charge >= 0.3 is 5.97 Å². The maximum atomic E-state index is 11.6. The van der Waals surface area contributed by atoms with Crippen molar-refractivity contribution in [2.75, 3.05) is 6.54 Å². The van der Waals surface area contributed by atoms with Crippen LogP contribution in [0.5, 0.6) is 0 Å². The molecule has 1 saturated carbocycles. The second-order valence-electron chi connectivity index (χ2n) is 5.05. The monoisotopic (exact) mass is 262 g/mol. The van der Waals surface area contributed by atoms with Crippen molar-refractivity contribution in [3.8, 4) is 0 Å². The lowest BCUT2D eigenvalue weighted by Crippen LogP contribution is -2.32. The largest absolute Gasteiger partial charge is 0.481 e. The number of nitrogens with zero attached hydrogens (tertiary/aromatic N) is 1. The van der Waals surface area contributed by atoms with E-state index in [0.717, 1.165) is 12.8 Å². The third kappa shape index (κ3) is 3.77. The lowest BCUT2D eigenvalue weighted by molar-refractivity contribution is -0.137. The molecule has 0 spiro atoms. The van der Waals surface area contributed by atoms with Crippen LogP contribution in [0.25, 0.3) is 0 Å². The number of nitrogens with one attached hydrogen (secondary N) is 1. The lowest BCUT2D eigenvalue weighted by Gasteiger charge is -2.16. The highest BCUT2D eigenvalue weighted by Gasteiger charge is 2.44. The number of pyridine rings is 1. The summed E-state index contributed by atoms with van der Waals surface area (Å²) in [6.45, 7) is 0.616. The molecular formula is C14H18N2O3. The fraction of sp³-hybridized carbons (Fsp3) is 0.500. The van der Waals surface area contributed by atoms with Gasteiger partial charge in [0.2, 0.25) is 5.91 Å². The third-order valence-corrected chi connectivity index (χ3v) is 3.55. The van der Waals surface area contributed by atoms with Crippen molar-refractivity contribution in [3.05, 3.63) is 30.1 Å². The molecule has 102 valence electrons. The van der Waals surface area contributed by atoms with E-state index in [9.17, 15) is 9.59 Å². The zero-order valence-electron chi connectivity index (χ0n) is 10.8. The smallest absolute Gasteiger partial charge is 0.303 e. The normalized spacial score (nSPS) is 15.8. The Morgan fingerprint density at radius 3 is 2.74 bits per heavy atom. The third-order valence-electron chi connectivity index (χ3n) is 3.55. The van der Waals surface area contributed by atoms with Crippen molar-refractivity contribution >= 4 is 11.9 Å². The predicted octanol–water partition coefficient (Wildman–Crippen LogP) is 1.48. The minimum Gasteiger partial charge on any atom is -0.481 e. The van der Waals surface area contributed by atoms with Gasteiger partial charge in [0.25, 0.3) is 0 Å². The van der Waals surface area contributed by atoms with Gasteiger partial charge in [-0.2, -0.15) is 0 Å². The van der Waals surface area contributed by atoms with Crippen LogP contribution in [-0.4, -0.2) is 28.5 Å². The first-order chi connectivity index (χ1) is 9.12. The Kier molecular flexibility index (Phi) is 4.14. The number of aliphatic carboxylic acids is 1. The SMILES string of the molecule is O=C(O)CCCC(=O)NCC1(c2cccnc2)CC1. The van der Waals surface area contributed by atoms with Gasteiger partial charge < -0.3 is 10.4 Å². The molecule has 0 saturated heterocycles. The zero-order chi connectivity index (χ0) is 13.7. The maximum absolute atomic E-state index is 11.6. The van der Waals surface area contributed by atoms with E-state index in [2.05, 4.69) is 10.3 Å². The van der Waals surface area contributed by atoms with Crippen LogP contribution in [0.1, 0.15) is 37.7 Å². The number of carbonyl (C=O) groups excluding carboxylic acids is 1. The Hall–Kier alpha value is -1.91. The molecule has 19 heavy (non-hydrogen) atoms. The van der Waals surface area contributed by atoms with E-state index in [-0.39, 0.29) is 24.2 Å². The van der Waals surface area contributed by atoms with Crippen LogP contribution >= 0.6 is 0 Å². The van der Waals surface area contributed by atoms with Crippen molar-refractivity contribution in [1.29, 1.82) is 0 Å². The summed E-state index contributed by atoms with van der Waals surface area (Å²) in [5, 5.41) is 11.4. The first-order valence-corrected chi connectivity index (χ1v) is 6.51. The minimum absolute atomic E-state index is 0.0428. The van der Waals surface area contributed by atoms with E-state index >= 15 is 0 Å². The summed E-state index contributed by atoms with van der Waals surface area (Å²) >= 11 is 0. The number of rotatable bonds is 7. The number of aromatic nitrogens is 1. The van der Waals surface area contributed by atoms with Gasteiger partial charge in [-0.15, -0.1) is 0 Å². The summed E-state index contributed by atoms with van der Waals surface area (Å²) < 4.78 is 0. The summed E-state index contributed by atoms with van der Waals surface area (Å²) in [5.41, 5.74) is 1.22. The number of amides is 1. The van der Waals surface area contributed by atoms with Crippen molar-refractivity contribution in [2.45, 2.75) is 37.5 Å².